The number of ether oxygens (including phenoxy) is 1. The molecule has 1 atom stereocenters. The number of alkyl carbamates (subject to hydrolysis) is 1. The lowest BCUT2D eigenvalue weighted by molar-refractivity contribution is -0.139. The van der Waals surface area contributed by atoms with Gasteiger partial charge in [0.25, 0.3) is 0 Å². The number of carboxylic acid groups (broad SMARTS) is 1. The molecule has 2 N–H and O–H groups in total. The van der Waals surface area contributed by atoms with Gasteiger partial charge in [-0.2, -0.15) is 0 Å². The largest absolute Gasteiger partial charge is 0.480 e. The summed E-state index contributed by atoms with van der Waals surface area (Å²) in [5.41, 5.74) is -0.628. The van der Waals surface area contributed by atoms with E-state index in [1.807, 2.05) is 6.08 Å². The molecule has 0 saturated carbocycles. The molecule has 0 heterocycles. The van der Waals surface area contributed by atoms with E-state index in [1.54, 1.807) is 20.8 Å². The highest BCUT2D eigenvalue weighted by atomic mass is 16.6. The molecular formula is C14H25NO4. The highest BCUT2D eigenvalue weighted by molar-refractivity contribution is 5.79. The molecule has 19 heavy (non-hydrogen) atoms. The van der Waals surface area contributed by atoms with Gasteiger partial charge in [-0.05, 0) is 40.0 Å². The Morgan fingerprint density at radius 2 is 1.95 bits per heavy atom. The van der Waals surface area contributed by atoms with Crippen LogP contribution in [0.15, 0.2) is 12.7 Å². The second-order valence-electron chi connectivity index (χ2n) is 5.46. The molecular weight excluding hydrogens is 246 g/mol. The first kappa shape index (κ1) is 17.5. The summed E-state index contributed by atoms with van der Waals surface area (Å²) >= 11 is 0. The topological polar surface area (TPSA) is 75.6 Å². The monoisotopic (exact) mass is 271 g/mol. The fourth-order valence-corrected chi connectivity index (χ4v) is 1.52. The van der Waals surface area contributed by atoms with E-state index in [4.69, 9.17) is 9.84 Å². The number of hydrogen-bond donors (Lipinski definition) is 2. The Labute approximate surface area is 115 Å². The molecule has 0 aromatic carbocycles. The second-order valence-corrected chi connectivity index (χ2v) is 5.46. The molecule has 0 bridgehead atoms. The summed E-state index contributed by atoms with van der Waals surface area (Å²) in [6.45, 7) is 8.83. The van der Waals surface area contributed by atoms with Crippen LogP contribution in [0.5, 0.6) is 0 Å². The third-order valence-electron chi connectivity index (χ3n) is 2.39. The van der Waals surface area contributed by atoms with Crippen LogP contribution < -0.4 is 5.32 Å². The maximum Gasteiger partial charge on any atom is 0.408 e. The number of nitrogens with one attached hydrogen (secondary N) is 1. The molecule has 0 fully saturated rings. The number of aliphatic carboxylic acids is 1. The molecule has 0 aliphatic rings. The van der Waals surface area contributed by atoms with Crippen molar-refractivity contribution in [2.75, 3.05) is 0 Å². The minimum absolute atomic E-state index is 0.408. The molecule has 0 aliphatic carbocycles. The van der Waals surface area contributed by atoms with Crippen LogP contribution in [0, 0.1) is 0 Å². The normalized spacial score (nSPS) is 12.6. The van der Waals surface area contributed by atoms with Gasteiger partial charge in [0.15, 0.2) is 0 Å². The zero-order valence-electron chi connectivity index (χ0n) is 12.1. The quantitative estimate of drug-likeness (QED) is 0.525. The Morgan fingerprint density at radius 1 is 1.32 bits per heavy atom. The lowest BCUT2D eigenvalue weighted by Gasteiger charge is -2.22. The van der Waals surface area contributed by atoms with E-state index in [2.05, 4.69) is 11.9 Å². The summed E-state index contributed by atoms with van der Waals surface area (Å²) in [5.74, 6) is -1.03. The molecule has 0 unspecified atom stereocenters. The first-order valence-electron chi connectivity index (χ1n) is 6.59. The smallest absolute Gasteiger partial charge is 0.408 e. The average Bonchev–Trinajstić information content (AvgIpc) is 2.24. The van der Waals surface area contributed by atoms with Crippen LogP contribution in [0.1, 0.15) is 52.9 Å². The third-order valence-corrected chi connectivity index (χ3v) is 2.39. The number of rotatable bonds is 8. The summed E-state index contributed by atoms with van der Waals surface area (Å²) in [6.07, 6.45) is 5.15. The molecule has 0 saturated heterocycles. The maximum absolute atomic E-state index is 11.5. The fraction of sp³-hybridized carbons (Fsp3) is 0.714. The van der Waals surface area contributed by atoms with Gasteiger partial charge in [0.05, 0.1) is 0 Å². The molecule has 1 amide bonds. The molecule has 0 aromatic heterocycles. The number of carboxylic acids is 1. The summed E-state index contributed by atoms with van der Waals surface area (Å²) < 4.78 is 5.04. The van der Waals surface area contributed by atoms with Crippen molar-refractivity contribution < 1.29 is 19.4 Å². The number of unbranched alkanes of at least 4 members (excludes halogenated alkanes) is 3. The van der Waals surface area contributed by atoms with Crippen molar-refractivity contribution in [1.82, 2.24) is 5.32 Å². The van der Waals surface area contributed by atoms with Crippen LogP contribution in [-0.2, 0) is 9.53 Å². The molecule has 5 nitrogen and oxygen atoms in total. The van der Waals surface area contributed by atoms with E-state index in [-0.39, 0.29) is 0 Å². The van der Waals surface area contributed by atoms with Crippen LogP contribution in [-0.4, -0.2) is 28.8 Å². The van der Waals surface area contributed by atoms with Gasteiger partial charge in [-0.1, -0.05) is 18.9 Å². The summed E-state index contributed by atoms with van der Waals surface area (Å²) in [5, 5.41) is 11.4. The van der Waals surface area contributed by atoms with Crippen molar-refractivity contribution in [3.05, 3.63) is 12.7 Å². The van der Waals surface area contributed by atoms with Crippen LogP contribution in [0.2, 0.25) is 0 Å². The number of carbonyl (C=O) groups is 2. The SMILES string of the molecule is C=CCCCCC[C@@H](NC(=O)OC(C)(C)C)C(=O)O. The number of carbonyl (C=O) groups excluding carboxylic acids is 1. The van der Waals surface area contributed by atoms with Gasteiger partial charge in [-0.15, -0.1) is 6.58 Å². The molecule has 0 aromatic rings. The highest BCUT2D eigenvalue weighted by Crippen LogP contribution is 2.09. The van der Waals surface area contributed by atoms with Gasteiger partial charge in [0.2, 0.25) is 0 Å². The Morgan fingerprint density at radius 3 is 2.42 bits per heavy atom. The average molecular weight is 271 g/mol. The van der Waals surface area contributed by atoms with E-state index in [0.29, 0.717) is 6.42 Å². The summed E-state index contributed by atoms with van der Waals surface area (Å²) in [4.78, 5) is 22.5. The predicted molar refractivity (Wildman–Crippen MR) is 74.1 cm³/mol. The van der Waals surface area contributed by atoms with Crippen molar-refractivity contribution in [3.8, 4) is 0 Å². The standard InChI is InChI=1S/C14H25NO4/c1-5-6-7-8-9-10-11(12(16)17)15-13(18)19-14(2,3)4/h5,11H,1,6-10H2,2-4H3,(H,15,18)(H,16,17)/t11-/m1/s1. The zero-order valence-corrected chi connectivity index (χ0v) is 12.1. The zero-order chi connectivity index (χ0) is 14.9. The lowest BCUT2D eigenvalue weighted by atomic mass is 10.1. The van der Waals surface area contributed by atoms with Gasteiger partial charge in [-0.25, -0.2) is 9.59 Å². The predicted octanol–water partition coefficient (Wildman–Crippen LogP) is 3.10. The van der Waals surface area contributed by atoms with Crippen molar-refractivity contribution >= 4 is 12.1 Å². The van der Waals surface area contributed by atoms with Crippen molar-refractivity contribution in [3.63, 3.8) is 0 Å². The number of hydrogen-bond acceptors (Lipinski definition) is 3. The van der Waals surface area contributed by atoms with Crippen molar-refractivity contribution in [2.24, 2.45) is 0 Å². The molecule has 0 spiro atoms. The van der Waals surface area contributed by atoms with Gasteiger partial charge in [-0.3, -0.25) is 0 Å². The van der Waals surface area contributed by atoms with Gasteiger partial charge < -0.3 is 15.2 Å². The minimum atomic E-state index is -1.03. The van der Waals surface area contributed by atoms with E-state index in [0.717, 1.165) is 25.7 Å². The number of allylic oxidation sites excluding steroid dienone is 1. The van der Waals surface area contributed by atoms with E-state index < -0.39 is 23.7 Å². The first-order valence-corrected chi connectivity index (χ1v) is 6.59. The molecule has 0 rings (SSSR count). The minimum Gasteiger partial charge on any atom is -0.480 e. The number of amides is 1. The van der Waals surface area contributed by atoms with Gasteiger partial charge in [0, 0.05) is 0 Å². The molecule has 0 radical (unpaired) electrons. The molecule has 5 heteroatoms. The van der Waals surface area contributed by atoms with Crippen molar-refractivity contribution in [2.45, 2.75) is 64.5 Å². The Kier molecular flexibility index (Phi) is 7.87. The van der Waals surface area contributed by atoms with E-state index in [9.17, 15) is 9.59 Å². The second kappa shape index (κ2) is 8.56. The van der Waals surface area contributed by atoms with Crippen molar-refractivity contribution in [1.29, 1.82) is 0 Å². The Hall–Kier alpha value is -1.52. The van der Waals surface area contributed by atoms with E-state index in [1.165, 1.54) is 0 Å². The Bertz CT molecular complexity index is 307. The fourth-order valence-electron chi connectivity index (χ4n) is 1.52. The van der Waals surface area contributed by atoms with Crippen LogP contribution in [0.4, 0.5) is 4.79 Å². The summed E-state index contributed by atoms with van der Waals surface area (Å²) in [6, 6.07) is -0.890. The summed E-state index contributed by atoms with van der Waals surface area (Å²) in [7, 11) is 0. The van der Waals surface area contributed by atoms with Gasteiger partial charge >= 0.3 is 12.1 Å². The van der Waals surface area contributed by atoms with Crippen LogP contribution in [0.3, 0.4) is 0 Å². The van der Waals surface area contributed by atoms with Crippen LogP contribution >= 0.6 is 0 Å². The van der Waals surface area contributed by atoms with E-state index >= 15 is 0 Å². The third kappa shape index (κ3) is 10.1. The highest BCUT2D eigenvalue weighted by Gasteiger charge is 2.23. The van der Waals surface area contributed by atoms with Crippen LogP contribution in [0.25, 0.3) is 0 Å². The van der Waals surface area contributed by atoms with Gasteiger partial charge in [0.1, 0.15) is 11.6 Å². The lowest BCUT2D eigenvalue weighted by Crippen LogP contribution is -2.43. The Balaban J connectivity index is 4.08. The maximum atomic E-state index is 11.5. The molecule has 110 valence electrons. The first-order chi connectivity index (χ1) is 8.76. The molecule has 0 aliphatic heterocycles.